The molecule has 140 valence electrons. The van der Waals surface area contributed by atoms with Gasteiger partial charge >= 0.3 is 0 Å². The summed E-state index contributed by atoms with van der Waals surface area (Å²) in [6, 6.07) is 7.42. The lowest BCUT2D eigenvalue weighted by molar-refractivity contribution is -0.114. The van der Waals surface area contributed by atoms with E-state index in [0.717, 1.165) is 16.6 Å². The van der Waals surface area contributed by atoms with Crippen molar-refractivity contribution in [3.05, 3.63) is 53.8 Å². The van der Waals surface area contributed by atoms with Crippen molar-refractivity contribution in [1.29, 1.82) is 0 Å². The molecule has 0 radical (unpaired) electrons. The van der Waals surface area contributed by atoms with Gasteiger partial charge in [-0.25, -0.2) is 21.6 Å². The van der Waals surface area contributed by atoms with E-state index in [9.17, 15) is 26.4 Å². The zero-order valence-corrected chi connectivity index (χ0v) is 14.6. The lowest BCUT2D eigenvalue weighted by Gasteiger charge is -2.22. The molecule has 1 amide bonds. The molecule has 0 aromatic heterocycles. The highest BCUT2D eigenvalue weighted by molar-refractivity contribution is 7.92. The van der Waals surface area contributed by atoms with Gasteiger partial charge in [-0.2, -0.15) is 0 Å². The maximum absolute atomic E-state index is 13.6. The summed E-state index contributed by atoms with van der Waals surface area (Å²) in [5, 5.41) is 2.02. The molecule has 0 heterocycles. The van der Waals surface area contributed by atoms with E-state index in [2.05, 4.69) is 0 Å². The topological polar surface area (TPSA) is 75.7 Å². The Labute approximate surface area is 148 Å². The Morgan fingerprint density at radius 3 is 2.46 bits per heavy atom. The van der Waals surface area contributed by atoms with Crippen LogP contribution in [-0.4, -0.2) is 34.2 Å². The van der Waals surface area contributed by atoms with Crippen molar-refractivity contribution >= 4 is 27.3 Å². The number of ether oxygens (including phenoxy) is 1. The molecule has 2 aromatic carbocycles. The number of anilines is 2. The van der Waals surface area contributed by atoms with Gasteiger partial charge < -0.3 is 10.1 Å². The summed E-state index contributed by atoms with van der Waals surface area (Å²) < 4.78 is 69.6. The van der Waals surface area contributed by atoms with Crippen LogP contribution < -0.4 is 14.4 Å². The van der Waals surface area contributed by atoms with Gasteiger partial charge in [-0.05, 0) is 24.3 Å². The van der Waals surface area contributed by atoms with Crippen molar-refractivity contribution in [2.75, 3.05) is 29.5 Å². The molecular formula is C16H15F3N2O4S. The Balaban J connectivity index is 2.26. The first-order valence-electron chi connectivity index (χ1n) is 7.18. The highest BCUT2D eigenvalue weighted by atomic mass is 32.2. The fourth-order valence-corrected chi connectivity index (χ4v) is 2.96. The van der Waals surface area contributed by atoms with Crippen molar-refractivity contribution in [3.8, 4) is 5.75 Å². The van der Waals surface area contributed by atoms with Crippen molar-refractivity contribution < 1.29 is 31.1 Å². The van der Waals surface area contributed by atoms with Gasteiger partial charge in [0.25, 0.3) is 0 Å². The third kappa shape index (κ3) is 4.45. The maximum Gasteiger partial charge on any atom is 0.245 e. The lowest BCUT2D eigenvalue weighted by atomic mass is 10.2. The molecule has 0 aliphatic heterocycles. The summed E-state index contributed by atoms with van der Waals surface area (Å²) >= 11 is 0. The van der Waals surface area contributed by atoms with Gasteiger partial charge in [0, 0.05) is 6.07 Å². The number of hydrogen-bond acceptors (Lipinski definition) is 4. The molecule has 0 saturated carbocycles. The normalized spacial score (nSPS) is 11.1. The Bertz CT molecular complexity index is 935. The first kappa shape index (κ1) is 19.6. The zero-order valence-electron chi connectivity index (χ0n) is 13.8. The van der Waals surface area contributed by atoms with Crippen LogP contribution >= 0.6 is 0 Å². The number of benzene rings is 2. The smallest absolute Gasteiger partial charge is 0.245 e. The SMILES string of the molecule is COc1cccc(N(CC(=O)Nc2ccc(F)c(F)c2F)S(C)(=O)=O)c1. The molecule has 0 bridgehead atoms. The van der Waals surface area contributed by atoms with Gasteiger partial charge in [-0.1, -0.05) is 6.07 Å². The Hall–Kier alpha value is -2.75. The van der Waals surface area contributed by atoms with E-state index in [-0.39, 0.29) is 5.69 Å². The second kappa shape index (κ2) is 7.65. The van der Waals surface area contributed by atoms with Crippen LogP contribution in [0.1, 0.15) is 0 Å². The van der Waals surface area contributed by atoms with E-state index in [0.29, 0.717) is 11.8 Å². The van der Waals surface area contributed by atoms with Crippen molar-refractivity contribution in [2.24, 2.45) is 0 Å². The van der Waals surface area contributed by atoms with Gasteiger partial charge in [0.15, 0.2) is 17.5 Å². The number of halogens is 3. The number of rotatable bonds is 6. The molecule has 0 aliphatic carbocycles. The van der Waals surface area contributed by atoms with E-state index in [4.69, 9.17) is 4.74 Å². The monoisotopic (exact) mass is 388 g/mol. The largest absolute Gasteiger partial charge is 0.497 e. The molecule has 0 atom stereocenters. The minimum atomic E-state index is -3.87. The van der Waals surface area contributed by atoms with Gasteiger partial charge in [-0.15, -0.1) is 0 Å². The molecule has 10 heteroatoms. The summed E-state index contributed by atoms with van der Waals surface area (Å²) in [5.74, 6) is -5.30. The molecule has 0 fully saturated rings. The van der Waals surface area contributed by atoms with E-state index < -0.39 is 45.6 Å². The van der Waals surface area contributed by atoms with Crippen LogP contribution in [0.5, 0.6) is 5.75 Å². The van der Waals surface area contributed by atoms with Gasteiger partial charge in [0.1, 0.15) is 12.3 Å². The van der Waals surface area contributed by atoms with Crippen LogP contribution in [0, 0.1) is 17.5 Å². The number of nitrogens with one attached hydrogen (secondary N) is 1. The van der Waals surface area contributed by atoms with E-state index in [1.165, 1.54) is 25.3 Å². The fraction of sp³-hybridized carbons (Fsp3) is 0.188. The first-order chi connectivity index (χ1) is 12.1. The number of amides is 1. The second-order valence-electron chi connectivity index (χ2n) is 5.24. The molecule has 2 rings (SSSR count). The van der Waals surface area contributed by atoms with Gasteiger partial charge in [0.2, 0.25) is 15.9 Å². The Kier molecular flexibility index (Phi) is 5.76. The van der Waals surface area contributed by atoms with Crippen LogP contribution in [0.4, 0.5) is 24.5 Å². The number of sulfonamides is 1. The minimum absolute atomic E-state index is 0.146. The fourth-order valence-electron chi connectivity index (χ4n) is 2.11. The lowest BCUT2D eigenvalue weighted by Crippen LogP contribution is -2.37. The standard InChI is InChI=1S/C16H15F3N2O4S/c1-25-11-5-3-4-10(8-11)21(26(2,23)24)9-14(22)20-13-7-6-12(17)15(18)16(13)19/h3-8H,9H2,1-2H3,(H,20,22). The van der Waals surface area contributed by atoms with E-state index >= 15 is 0 Å². The molecule has 0 unspecified atom stereocenters. The summed E-state index contributed by atoms with van der Waals surface area (Å²) in [6.07, 6.45) is 0.887. The molecular weight excluding hydrogens is 373 g/mol. The molecule has 26 heavy (non-hydrogen) atoms. The number of carbonyl (C=O) groups excluding carboxylic acids is 1. The Morgan fingerprint density at radius 2 is 1.85 bits per heavy atom. The molecule has 2 aromatic rings. The summed E-state index contributed by atoms with van der Waals surface area (Å²) in [6.45, 7) is -0.704. The zero-order chi connectivity index (χ0) is 19.5. The van der Waals surface area contributed by atoms with Crippen molar-refractivity contribution in [3.63, 3.8) is 0 Å². The molecule has 0 saturated heterocycles. The first-order valence-corrected chi connectivity index (χ1v) is 9.03. The summed E-state index contributed by atoms with van der Waals surface area (Å²) in [5.41, 5.74) is -0.458. The number of hydrogen-bond donors (Lipinski definition) is 1. The van der Waals surface area contributed by atoms with Crippen LogP contribution in [-0.2, 0) is 14.8 Å². The van der Waals surface area contributed by atoms with Crippen LogP contribution in [0.3, 0.4) is 0 Å². The number of nitrogens with zero attached hydrogens (tertiary/aromatic N) is 1. The van der Waals surface area contributed by atoms with Crippen LogP contribution in [0.25, 0.3) is 0 Å². The predicted octanol–water partition coefficient (Wildman–Crippen LogP) is 2.52. The van der Waals surface area contributed by atoms with Crippen LogP contribution in [0.15, 0.2) is 36.4 Å². The van der Waals surface area contributed by atoms with Gasteiger partial charge in [0.05, 0.1) is 24.7 Å². The van der Waals surface area contributed by atoms with E-state index in [1.54, 1.807) is 6.07 Å². The molecule has 1 N–H and O–H groups in total. The highest BCUT2D eigenvalue weighted by Crippen LogP contribution is 2.24. The quantitative estimate of drug-likeness (QED) is 0.772. The molecule has 6 nitrogen and oxygen atoms in total. The minimum Gasteiger partial charge on any atom is -0.497 e. The molecule has 0 aliphatic rings. The molecule has 0 spiro atoms. The predicted molar refractivity (Wildman–Crippen MR) is 90.1 cm³/mol. The van der Waals surface area contributed by atoms with Crippen molar-refractivity contribution in [1.82, 2.24) is 0 Å². The average molecular weight is 388 g/mol. The maximum atomic E-state index is 13.6. The highest BCUT2D eigenvalue weighted by Gasteiger charge is 2.23. The Morgan fingerprint density at radius 1 is 1.15 bits per heavy atom. The number of carbonyl (C=O) groups is 1. The average Bonchev–Trinajstić information content (AvgIpc) is 2.59. The summed E-state index contributed by atoms with van der Waals surface area (Å²) in [4.78, 5) is 12.1. The van der Waals surface area contributed by atoms with Gasteiger partial charge in [-0.3, -0.25) is 9.10 Å². The number of methoxy groups -OCH3 is 1. The third-order valence-electron chi connectivity index (χ3n) is 3.34. The van der Waals surface area contributed by atoms with Crippen LogP contribution in [0.2, 0.25) is 0 Å². The van der Waals surface area contributed by atoms with E-state index in [1.807, 2.05) is 5.32 Å². The van der Waals surface area contributed by atoms with Crippen molar-refractivity contribution in [2.45, 2.75) is 0 Å². The summed E-state index contributed by atoms with van der Waals surface area (Å²) in [7, 11) is -2.47. The second-order valence-corrected chi connectivity index (χ2v) is 7.15. The third-order valence-corrected chi connectivity index (χ3v) is 4.48.